The summed E-state index contributed by atoms with van der Waals surface area (Å²) in [6.45, 7) is 0.719. The quantitative estimate of drug-likeness (QED) is 0.363. The zero-order chi connectivity index (χ0) is 19.6. The Morgan fingerprint density at radius 1 is 1.22 bits per heavy atom. The first-order valence-electron chi connectivity index (χ1n) is 8.52. The summed E-state index contributed by atoms with van der Waals surface area (Å²) in [4.78, 5) is 45.1. The number of carbonyl (C=O) groups excluding carboxylic acids is 3. The topological polar surface area (TPSA) is 137 Å². The second kappa shape index (κ2) is 10.2. The van der Waals surface area contributed by atoms with Crippen LogP contribution in [0.15, 0.2) is 24.3 Å². The molecule has 1 saturated heterocycles. The zero-order valence-electron chi connectivity index (χ0n) is 14.6. The molecule has 2 rings (SSSR count). The van der Waals surface area contributed by atoms with Crippen molar-refractivity contribution in [2.75, 3.05) is 26.3 Å². The molecular weight excluding hydrogens is 358 g/mol. The lowest BCUT2D eigenvalue weighted by Gasteiger charge is -2.11. The maximum atomic E-state index is 11.9. The van der Waals surface area contributed by atoms with Gasteiger partial charge in [-0.1, -0.05) is 0 Å². The van der Waals surface area contributed by atoms with Crippen LogP contribution in [0.4, 0.5) is 5.69 Å². The van der Waals surface area contributed by atoms with Crippen molar-refractivity contribution in [2.24, 2.45) is 0 Å². The molecule has 0 aliphatic carbocycles. The summed E-state index contributed by atoms with van der Waals surface area (Å²) in [6, 6.07) is 5.09. The standard InChI is InChI=1S/C17H21N3O7/c21-15(19-10-14-2-1-9-26-14)11-27-16(22)7-8-18-17(23)12-3-5-13(6-4-12)20(24)25/h3-6,14H,1-2,7-11H2,(H,18,23)(H,19,21)/t14-/m1/s1. The largest absolute Gasteiger partial charge is 0.456 e. The predicted molar refractivity (Wildman–Crippen MR) is 93.0 cm³/mol. The fraction of sp³-hybridized carbons (Fsp3) is 0.471. The normalized spacial score (nSPS) is 15.8. The van der Waals surface area contributed by atoms with Gasteiger partial charge < -0.3 is 20.1 Å². The number of nitro benzene ring substituents is 1. The summed E-state index contributed by atoms with van der Waals surface area (Å²) in [5.41, 5.74) is 0.121. The van der Waals surface area contributed by atoms with E-state index < -0.39 is 22.7 Å². The second-order valence-corrected chi connectivity index (χ2v) is 5.91. The Morgan fingerprint density at radius 2 is 1.96 bits per heavy atom. The van der Waals surface area contributed by atoms with Crippen LogP contribution in [0.5, 0.6) is 0 Å². The molecule has 0 spiro atoms. The Labute approximate surface area is 155 Å². The molecule has 1 atom stereocenters. The van der Waals surface area contributed by atoms with Gasteiger partial charge in [0.2, 0.25) is 0 Å². The second-order valence-electron chi connectivity index (χ2n) is 5.91. The van der Waals surface area contributed by atoms with Crippen LogP contribution in [0.2, 0.25) is 0 Å². The van der Waals surface area contributed by atoms with Gasteiger partial charge >= 0.3 is 5.97 Å². The first-order chi connectivity index (χ1) is 13.0. The lowest BCUT2D eigenvalue weighted by Crippen LogP contribution is -2.35. The van der Waals surface area contributed by atoms with E-state index in [9.17, 15) is 24.5 Å². The van der Waals surface area contributed by atoms with Crippen LogP contribution in [0.1, 0.15) is 29.6 Å². The van der Waals surface area contributed by atoms with Crippen LogP contribution in [-0.2, 0) is 19.1 Å². The lowest BCUT2D eigenvalue weighted by molar-refractivity contribution is -0.384. The Morgan fingerprint density at radius 3 is 2.59 bits per heavy atom. The Balaban J connectivity index is 1.59. The van der Waals surface area contributed by atoms with E-state index in [0.717, 1.165) is 12.8 Å². The van der Waals surface area contributed by atoms with Gasteiger partial charge in [0.1, 0.15) is 0 Å². The number of nitro groups is 1. The summed E-state index contributed by atoms with van der Waals surface area (Å²) in [7, 11) is 0. The van der Waals surface area contributed by atoms with Gasteiger partial charge in [-0.3, -0.25) is 24.5 Å². The van der Waals surface area contributed by atoms with Crippen LogP contribution in [0, 0.1) is 10.1 Å². The van der Waals surface area contributed by atoms with Crippen molar-refractivity contribution >= 4 is 23.5 Å². The Hall–Kier alpha value is -3.01. The van der Waals surface area contributed by atoms with Gasteiger partial charge in [0.05, 0.1) is 17.4 Å². The fourth-order valence-corrected chi connectivity index (χ4v) is 2.42. The first kappa shape index (κ1) is 20.3. The number of amides is 2. The van der Waals surface area contributed by atoms with Crippen molar-refractivity contribution in [3.05, 3.63) is 39.9 Å². The van der Waals surface area contributed by atoms with Gasteiger partial charge in [-0.05, 0) is 25.0 Å². The Bertz CT molecular complexity index is 684. The highest BCUT2D eigenvalue weighted by molar-refractivity contribution is 5.94. The van der Waals surface area contributed by atoms with E-state index >= 15 is 0 Å². The molecule has 2 amide bonds. The number of hydrogen-bond acceptors (Lipinski definition) is 7. The third-order valence-electron chi connectivity index (χ3n) is 3.87. The Kier molecular flexibility index (Phi) is 7.68. The highest BCUT2D eigenvalue weighted by atomic mass is 16.6. The van der Waals surface area contributed by atoms with E-state index in [2.05, 4.69) is 10.6 Å². The molecule has 0 radical (unpaired) electrons. The number of hydrogen-bond donors (Lipinski definition) is 2. The SMILES string of the molecule is O=C(COC(=O)CCNC(=O)c1ccc([N+](=O)[O-])cc1)NC[C@H]1CCCO1. The van der Waals surface area contributed by atoms with Gasteiger partial charge in [0, 0.05) is 37.4 Å². The molecular formula is C17H21N3O7. The molecule has 1 aliphatic rings. The van der Waals surface area contributed by atoms with Crippen molar-refractivity contribution < 1.29 is 28.8 Å². The maximum absolute atomic E-state index is 11.9. The van der Waals surface area contributed by atoms with Gasteiger partial charge in [-0.2, -0.15) is 0 Å². The molecule has 1 aromatic carbocycles. The number of carbonyl (C=O) groups is 3. The molecule has 2 N–H and O–H groups in total. The van der Waals surface area contributed by atoms with E-state index in [4.69, 9.17) is 9.47 Å². The van der Waals surface area contributed by atoms with Crippen LogP contribution in [0.25, 0.3) is 0 Å². The van der Waals surface area contributed by atoms with Gasteiger partial charge in [-0.15, -0.1) is 0 Å². The average molecular weight is 379 g/mol. The van der Waals surface area contributed by atoms with Gasteiger partial charge in [-0.25, -0.2) is 0 Å². The van der Waals surface area contributed by atoms with Crippen LogP contribution in [0.3, 0.4) is 0 Å². The number of benzene rings is 1. The smallest absolute Gasteiger partial charge is 0.308 e. The number of esters is 1. The number of rotatable bonds is 9. The highest BCUT2D eigenvalue weighted by Gasteiger charge is 2.16. The van der Waals surface area contributed by atoms with Crippen LogP contribution < -0.4 is 10.6 Å². The van der Waals surface area contributed by atoms with Crippen molar-refractivity contribution in [1.29, 1.82) is 0 Å². The van der Waals surface area contributed by atoms with E-state index in [0.29, 0.717) is 13.2 Å². The van der Waals surface area contributed by atoms with Crippen molar-refractivity contribution in [3.63, 3.8) is 0 Å². The molecule has 10 nitrogen and oxygen atoms in total. The number of nitrogens with zero attached hydrogens (tertiary/aromatic N) is 1. The molecule has 0 unspecified atom stereocenters. The molecule has 10 heteroatoms. The van der Waals surface area contributed by atoms with E-state index in [1.54, 1.807) is 0 Å². The van der Waals surface area contributed by atoms with E-state index in [1.165, 1.54) is 24.3 Å². The molecule has 0 bridgehead atoms. The summed E-state index contributed by atoms with van der Waals surface area (Å²) >= 11 is 0. The minimum Gasteiger partial charge on any atom is -0.456 e. The first-order valence-corrected chi connectivity index (χ1v) is 8.52. The summed E-state index contributed by atoms with van der Waals surface area (Å²) < 4.78 is 10.2. The zero-order valence-corrected chi connectivity index (χ0v) is 14.6. The van der Waals surface area contributed by atoms with Crippen molar-refractivity contribution in [1.82, 2.24) is 10.6 Å². The molecule has 1 aromatic rings. The third-order valence-corrected chi connectivity index (χ3v) is 3.87. The summed E-state index contributed by atoms with van der Waals surface area (Å²) in [5, 5.41) is 15.7. The predicted octanol–water partition coefficient (Wildman–Crippen LogP) is 0.553. The monoisotopic (exact) mass is 379 g/mol. The van der Waals surface area contributed by atoms with Crippen LogP contribution >= 0.6 is 0 Å². The molecule has 146 valence electrons. The van der Waals surface area contributed by atoms with E-state index in [-0.39, 0.29) is 36.9 Å². The molecule has 1 fully saturated rings. The third kappa shape index (κ3) is 7.02. The molecule has 0 aromatic heterocycles. The molecule has 0 saturated carbocycles. The number of nitrogens with one attached hydrogen (secondary N) is 2. The highest BCUT2D eigenvalue weighted by Crippen LogP contribution is 2.12. The number of ether oxygens (including phenoxy) is 2. The van der Waals surface area contributed by atoms with Gasteiger partial charge in [0.15, 0.2) is 6.61 Å². The minimum absolute atomic E-state index is 0.0132. The molecule has 27 heavy (non-hydrogen) atoms. The minimum atomic E-state index is -0.619. The fourth-order valence-electron chi connectivity index (χ4n) is 2.42. The van der Waals surface area contributed by atoms with Gasteiger partial charge in [0.25, 0.3) is 17.5 Å². The van der Waals surface area contributed by atoms with E-state index in [1.807, 2.05) is 0 Å². The lowest BCUT2D eigenvalue weighted by atomic mass is 10.2. The van der Waals surface area contributed by atoms with Crippen LogP contribution in [-0.4, -0.2) is 55.1 Å². The van der Waals surface area contributed by atoms with Crippen molar-refractivity contribution in [3.8, 4) is 0 Å². The maximum Gasteiger partial charge on any atom is 0.308 e. The summed E-state index contributed by atoms with van der Waals surface area (Å²) in [5.74, 6) is -1.49. The molecule has 1 aliphatic heterocycles. The summed E-state index contributed by atoms with van der Waals surface area (Å²) in [6.07, 6.45) is 1.78. The average Bonchev–Trinajstić information content (AvgIpc) is 3.18. The number of non-ortho nitro benzene ring substituents is 1. The van der Waals surface area contributed by atoms with Crippen molar-refractivity contribution in [2.45, 2.75) is 25.4 Å². The molecule has 1 heterocycles.